The molecule has 0 radical (unpaired) electrons. The molecule has 0 aliphatic carbocycles. The zero-order valence-corrected chi connectivity index (χ0v) is 12.6. The minimum Gasteiger partial charge on any atom is -0.479 e. The van der Waals surface area contributed by atoms with Crippen molar-refractivity contribution in [2.24, 2.45) is 0 Å². The summed E-state index contributed by atoms with van der Waals surface area (Å²) in [6.45, 7) is 0.131. The molecule has 1 aromatic heterocycles. The molecule has 1 amide bonds. The SMILES string of the molecule is O=C(Cn1ccc2cc([N+](=O)[O-])ccc21)NC1(C(=O)O)CCOC1. The molecule has 2 N–H and O–H groups in total. The van der Waals surface area contributed by atoms with Gasteiger partial charge < -0.3 is 19.7 Å². The van der Waals surface area contributed by atoms with Crippen molar-refractivity contribution in [2.45, 2.75) is 18.5 Å². The number of carboxylic acids is 1. The summed E-state index contributed by atoms with van der Waals surface area (Å²) in [7, 11) is 0. The lowest BCUT2D eigenvalue weighted by atomic mass is 9.99. The van der Waals surface area contributed by atoms with Crippen LogP contribution in [0.4, 0.5) is 5.69 Å². The number of nitro benzene ring substituents is 1. The third-order valence-electron chi connectivity index (χ3n) is 4.09. The van der Waals surface area contributed by atoms with Crippen molar-refractivity contribution in [3.63, 3.8) is 0 Å². The molecule has 1 aromatic carbocycles. The molecule has 1 fully saturated rings. The van der Waals surface area contributed by atoms with Crippen LogP contribution in [0.5, 0.6) is 0 Å². The second kappa shape index (κ2) is 5.93. The van der Waals surface area contributed by atoms with Gasteiger partial charge in [-0.2, -0.15) is 0 Å². The van der Waals surface area contributed by atoms with Gasteiger partial charge in [-0.1, -0.05) is 0 Å². The van der Waals surface area contributed by atoms with Gasteiger partial charge in [0.15, 0.2) is 5.54 Å². The molecule has 0 bridgehead atoms. The molecule has 24 heavy (non-hydrogen) atoms. The largest absolute Gasteiger partial charge is 0.479 e. The van der Waals surface area contributed by atoms with Gasteiger partial charge in [0.05, 0.1) is 11.5 Å². The maximum absolute atomic E-state index is 12.2. The van der Waals surface area contributed by atoms with E-state index in [1.165, 1.54) is 12.1 Å². The second-order valence-corrected chi connectivity index (χ2v) is 5.68. The first-order chi connectivity index (χ1) is 11.4. The summed E-state index contributed by atoms with van der Waals surface area (Å²) in [6, 6.07) is 6.02. The Morgan fingerprint density at radius 1 is 1.42 bits per heavy atom. The Morgan fingerprint density at radius 3 is 2.83 bits per heavy atom. The van der Waals surface area contributed by atoms with Crippen molar-refractivity contribution in [2.75, 3.05) is 13.2 Å². The van der Waals surface area contributed by atoms with Gasteiger partial charge in [-0.25, -0.2) is 4.79 Å². The van der Waals surface area contributed by atoms with E-state index in [2.05, 4.69) is 5.32 Å². The maximum Gasteiger partial charge on any atom is 0.331 e. The molecular weight excluding hydrogens is 318 g/mol. The normalized spacial score (nSPS) is 20.2. The molecule has 0 saturated carbocycles. The molecule has 9 nitrogen and oxygen atoms in total. The fourth-order valence-corrected chi connectivity index (χ4v) is 2.79. The zero-order valence-electron chi connectivity index (χ0n) is 12.6. The van der Waals surface area contributed by atoms with Gasteiger partial charge in [-0.3, -0.25) is 14.9 Å². The zero-order chi connectivity index (χ0) is 17.3. The number of benzene rings is 1. The number of nitrogens with one attached hydrogen (secondary N) is 1. The number of carbonyl (C=O) groups is 2. The number of aromatic nitrogens is 1. The summed E-state index contributed by atoms with van der Waals surface area (Å²) in [4.78, 5) is 33.9. The molecular formula is C15H15N3O6. The molecule has 1 saturated heterocycles. The van der Waals surface area contributed by atoms with Crippen LogP contribution < -0.4 is 5.32 Å². The highest BCUT2D eigenvalue weighted by Gasteiger charge is 2.43. The van der Waals surface area contributed by atoms with E-state index in [1.54, 1.807) is 22.9 Å². The summed E-state index contributed by atoms with van der Waals surface area (Å²) < 4.78 is 6.71. The molecule has 1 aliphatic rings. The molecule has 0 spiro atoms. The van der Waals surface area contributed by atoms with Crippen molar-refractivity contribution in [1.29, 1.82) is 0 Å². The monoisotopic (exact) mass is 333 g/mol. The van der Waals surface area contributed by atoms with Crippen LogP contribution in [0.15, 0.2) is 30.5 Å². The van der Waals surface area contributed by atoms with Gasteiger partial charge in [0.25, 0.3) is 5.69 Å². The van der Waals surface area contributed by atoms with Gasteiger partial charge in [0, 0.05) is 42.3 Å². The first kappa shape index (κ1) is 15.9. The van der Waals surface area contributed by atoms with Crippen LogP contribution in [0, 0.1) is 10.1 Å². The molecule has 1 aliphatic heterocycles. The Balaban J connectivity index is 1.78. The Bertz CT molecular complexity index is 822. The summed E-state index contributed by atoms with van der Waals surface area (Å²) in [5.41, 5.74) is -0.765. The van der Waals surface area contributed by atoms with Crippen molar-refractivity contribution < 1.29 is 24.4 Å². The van der Waals surface area contributed by atoms with E-state index in [0.29, 0.717) is 10.9 Å². The Kier molecular flexibility index (Phi) is 3.94. The molecule has 126 valence electrons. The summed E-state index contributed by atoms with van der Waals surface area (Å²) in [6.07, 6.45) is 1.85. The van der Waals surface area contributed by atoms with Gasteiger partial charge in [-0.15, -0.1) is 0 Å². The summed E-state index contributed by atoms with van der Waals surface area (Å²) in [5.74, 6) is -1.58. The van der Waals surface area contributed by atoms with Gasteiger partial charge >= 0.3 is 5.97 Å². The lowest BCUT2D eigenvalue weighted by molar-refractivity contribution is -0.384. The number of fused-ring (bicyclic) bond motifs is 1. The third kappa shape index (κ3) is 2.81. The molecule has 1 unspecified atom stereocenters. The fraction of sp³-hybridized carbons (Fsp3) is 0.333. The van der Waals surface area contributed by atoms with E-state index in [-0.39, 0.29) is 31.9 Å². The average Bonchev–Trinajstić information content (AvgIpc) is 3.15. The van der Waals surface area contributed by atoms with Crippen LogP contribution in [0.1, 0.15) is 6.42 Å². The lowest BCUT2D eigenvalue weighted by Crippen LogP contribution is -2.55. The number of carbonyl (C=O) groups excluding carboxylic acids is 1. The number of hydrogen-bond acceptors (Lipinski definition) is 5. The van der Waals surface area contributed by atoms with Gasteiger partial charge in [0.1, 0.15) is 6.54 Å². The standard InChI is InChI=1S/C15H15N3O6/c19-13(16-15(14(20)21)4-6-24-9-15)8-17-5-3-10-7-11(18(22)23)1-2-12(10)17/h1-3,5,7H,4,6,8-9H2,(H,16,19)(H,20,21). The van der Waals surface area contributed by atoms with E-state index in [1.807, 2.05) is 0 Å². The Hall–Kier alpha value is -2.94. The second-order valence-electron chi connectivity index (χ2n) is 5.68. The number of hydrogen-bond donors (Lipinski definition) is 2. The minimum atomic E-state index is -1.39. The van der Waals surface area contributed by atoms with Crippen LogP contribution in [0.2, 0.25) is 0 Å². The number of aliphatic carboxylic acids is 1. The molecule has 2 aromatic rings. The molecule has 3 rings (SSSR count). The molecule has 9 heteroatoms. The van der Waals surface area contributed by atoms with Gasteiger partial charge in [-0.05, 0) is 12.1 Å². The van der Waals surface area contributed by atoms with Crippen molar-refractivity contribution in [3.8, 4) is 0 Å². The van der Waals surface area contributed by atoms with Crippen molar-refractivity contribution in [3.05, 3.63) is 40.6 Å². The summed E-state index contributed by atoms with van der Waals surface area (Å²) >= 11 is 0. The van der Waals surface area contributed by atoms with Crippen molar-refractivity contribution >= 4 is 28.5 Å². The number of nitro groups is 1. The first-order valence-corrected chi connectivity index (χ1v) is 7.27. The van der Waals surface area contributed by atoms with E-state index in [4.69, 9.17) is 4.74 Å². The number of ether oxygens (including phenoxy) is 1. The third-order valence-corrected chi connectivity index (χ3v) is 4.09. The van der Waals surface area contributed by atoms with E-state index < -0.39 is 22.3 Å². The predicted molar refractivity (Wildman–Crippen MR) is 82.5 cm³/mol. The Morgan fingerprint density at radius 2 is 2.21 bits per heavy atom. The number of nitrogens with zero attached hydrogens (tertiary/aromatic N) is 2. The van der Waals surface area contributed by atoms with Crippen LogP contribution in [0.3, 0.4) is 0 Å². The predicted octanol–water partition coefficient (Wildman–Crippen LogP) is 0.909. The topological polar surface area (TPSA) is 124 Å². The molecule has 2 heterocycles. The minimum absolute atomic E-state index is 0.0300. The van der Waals surface area contributed by atoms with Crippen LogP contribution in [-0.4, -0.2) is 45.2 Å². The van der Waals surface area contributed by atoms with Gasteiger partial charge in [0.2, 0.25) is 5.91 Å². The average molecular weight is 333 g/mol. The fourth-order valence-electron chi connectivity index (χ4n) is 2.79. The highest BCUT2D eigenvalue weighted by Crippen LogP contribution is 2.22. The molecule has 1 atom stereocenters. The van der Waals surface area contributed by atoms with E-state index in [0.717, 1.165) is 0 Å². The highest BCUT2D eigenvalue weighted by molar-refractivity contribution is 5.89. The van der Waals surface area contributed by atoms with E-state index in [9.17, 15) is 24.8 Å². The van der Waals surface area contributed by atoms with Crippen LogP contribution >= 0.6 is 0 Å². The van der Waals surface area contributed by atoms with Crippen molar-refractivity contribution in [1.82, 2.24) is 9.88 Å². The number of rotatable bonds is 5. The quantitative estimate of drug-likeness (QED) is 0.619. The van der Waals surface area contributed by atoms with E-state index >= 15 is 0 Å². The highest BCUT2D eigenvalue weighted by atomic mass is 16.6. The maximum atomic E-state index is 12.2. The van der Waals surface area contributed by atoms with Crippen LogP contribution in [-0.2, 0) is 20.9 Å². The Labute approximate surface area is 136 Å². The first-order valence-electron chi connectivity index (χ1n) is 7.27. The number of amides is 1. The van der Waals surface area contributed by atoms with Crippen LogP contribution in [0.25, 0.3) is 10.9 Å². The number of non-ortho nitro benzene ring substituents is 1. The summed E-state index contributed by atoms with van der Waals surface area (Å²) in [5, 5.41) is 23.3. The smallest absolute Gasteiger partial charge is 0.331 e. The number of carboxylic acid groups (broad SMARTS) is 1. The lowest BCUT2D eigenvalue weighted by Gasteiger charge is -2.23.